The molecule has 2 heterocycles. The summed E-state index contributed by atoms with van der Waals surface area (Å²) in [7, 11) is 0. The lowest BCUT2D eigenvalue weighted by atomic mass is 10.2. The summed E-state index contributed by atoms with van der Waals surface area (Å²) in [5.41, 5.74) is 1.83. The first-order valence-electron chi connectivity index (χ1n) is 6.46. The normalized spacial score (nSPS) is 16.8. The second-order valence-corrected chi connectivity index (χ2v) is 4.87. The van der Waals surface area contributed by atoms with Gasteiger partial charge in [-0.3, -0.25) is 0 Å². The molecule has 0 saturated heterocycles. The third kappa shape index (κ3) is 2.17. The number of oxazole rings is 1. The van der Waals surface area contributed by atoms with Crippen molar-refractivity contribution in [2.45, 2.75) is 25.4 Å². The minimum atomic E-state index is 0.279. The monoisotopic (exact) mass is 258 g/mol. The van der Waals surface area contributed by atoms with Crippen molar-refractivity contribution in [3.8, 4) is 23.0 Å². The number of benzene rings is 1. The number of ether oxygens (including phenoxy) is 2. The lowest BCUT2D eigenvalue weighted by Crippen LogP contribution is -2.15. The summed E-state index contributed by atoms with van der Waals surface area (Å²) < 4.78 is 16.1. The predicted octanol–water partition coefficient (Wildman–Crippen LogP) is 2.32. The van der Waals surface area contributed by atoms with E-state index < -0.39 is 0 Å². The molecule has 5 nitrogen and oxygen atoms in total. The van der Waals surface area contributed by atoms with Gasteiger partial charge in [-0.1, -0.05) is 0 Å². The van der Waals surface area contributed by atoms with Gasteiger partial charge in [-0.2, -0.15) is 0 Å². The quantitative estimate of drug-likeness (QED) is 0.912. The Morgan fingerprint density at radius 3 is 3.00 bits per heavy atom. The highest BCUT2D eigenvalue weighted by molar-refractivity contribution is 5.60. The van der Waals surface area contributed by atoms with Crippen LogP contribution in [0.3, 0.4) is 0 Å². The van der Waals surface area contributed by atoms with Gasteiger partial charge in [0.15, 0.2) is 11.5 Å². The highest BCUT2D eigenvalue weighted by Crippen LogP contribution is 2.35. The van der Waals surface area contributed by atoms with E-state index in [-0.39, 0.29) is 6.79 Å². The maximum atomic E-state index is 5.52. The van der Waals surface area contributed by atoms with E-state index in [9.17, 15) is 0 Å². The summed E-state index contributed by atoms with van der Waals surface area (Å²) in [4.78, 5) is 4.48. The molecule has 0 unspecified atom stereocenters. The Hall–Kier alpha value is -2.01. The molecule has 0 radical (unpaired) electrons. The van der Waals surface area contributed by atoms with Gasteiger partial charge in [0.05, 0.1) is 5.69 Å². The Balaban J connectivity index is 1.54. The van der Waals surface area contributed by atoms with Gasteiger partial charge in [-0.25, -0.2) is 4.98 Å². The summed E-state index contributed by atoms with van der Waals surface area (Å²) in [6.07, 6.45) is 4.25. The van der Waals surface area contributed by atoms with Crippen LogP contribution in [0.2, 0.25) is 0 Å². The molecule has 0 bridgehead atoms. The van der Waals surface area contributed by atoms with E-state index >= 15 is 0 Å². The van der Waals surface area contributed by atoms with E-state index in [1.807, 2.05) is 18.2 Å². The van der Waals surface area contributed by atoms with Crippen molar-refractivity contribution in [2.24, 2.45) is 0 Å². The van der Waals surface area contributed by atoms with Crippen LogP contribution in [0.4, 0.5) is 0 Å². The van der Waals surface area contributed by atoms with Gasteiger partial charge in [0.1, 0.15) is 6.26 Å². The van der Waals surface area contributed by atoms with Gasteiger partial charge in [-0.05, 0) is 31.0 Å². The van der Waals surface area contributed by atoms with Crippen molar-refractivity contribution >= 4 is 0 Å². The molecule has 1 aliphatic carbocycles. The standard InChI is InChI=1S/C14H14N2O3/c1-4-12-13(19-8-18-12)5-9(1)14-16-11(7-17-14)6-15-10-2-3-10/h1,4-5,7,10,15H,2-3,6,8H2. The van der Waals surface area contributed by atoms with E-state index in [1.165, 1.54) is 12.8 Å². The van der Waals surface area contributed by atoms with Crippen LogP contribution >= 0.6 is 0 Å². The SMILES string of the molecule is c1cc2c(cc1-c1nc(CNC3CC3)co1)OCO2. The number of hydrogen-bond donors (Lipinski definition) is 1. The van der Waals surface area contributed by atoms with Crippen LogP contribution in [0.25, 0.3) is 11.5 Å². The minimum Gasteiger partial charge on any atom is -0.454 e. The van der Waals surface area contributed by atoms with Crippen LogP contribution < -0.4 is 14.8 Å². The second kappa shape index (κ2) is 4.28. The zero-order chi connectivity index (χ0) is 12.7. The zero-order valence-electron chi connectivity index (χ0n) is 10.4. The molecular formula is C14H14N2O3. The molecule has 5 heteroatoms. The Labute approximate surface area is 110 Å². The summed E-state index contributed by atoms with van der Waals surface area (Å²) in [5, 5.41) is 3.41. The number of hydrogen-bond acceptors (Lipinski definition) is 5. The summed E-state index contributed by atoms with van der Waals surface area (Å²) in [6.45, 7) is 1.04. The lowest BCUT2D eigenvalue weighted by molar-refractivity contribution is 0.174. The second-order valence-electron chi connectivity index (χ2n) is 4.87. The maximum absolute atomic E-state index is 5.52. The van der Waals surface area contributed by atoms with Crippen LogP contribution in [-0.2, 0) is 6.54 Å². The molecule has 2 aliphatic rings. The molecular weight excluding hydrogens is 244 g/mol. The first kappa shape index (κ1) is 10.9. The minimum absolute atomic E-state index is 0.279. The predicted molar refractivity (Wildman–Crippen MR) is 67.9 cm³/mol. The molecule has 0 spiro atoms. The Bertz CT molecular complexity index is 604. The highest BCUT2D eigenvalue weighted by atomic mass is 16.7. The van der Waals surface area contributed by atoms with E-state index in [0.717, 1.165) is 29.3 Å². The number of aromatic nitrogens is 1. The molecule has 1 aliphatic heterocycles. The fourth-order valence-electron chi connectivity index (χ4n) is 2.09. The molecule has 1 fully saturated rings. The topological polar surface area (TPSA) is 56.5 Å². The van der Waals surface area contributed by atoms with E-state index in [0.29, 0.717) is 11.9 Å². The van der Waals surface area contributed by atoms with Crippen LogP contribution in [-0.4, -0.2) is 17.8 Å². The van der Waals surface area contributed by atoms with Crippen molar-refractivity contribution in [1.29, 1.82) is 0 Å². The molecule has 1 N–H and O–H groups in total. The number of fused-ring (bicyclic) bond motifs is 1. The largest absolute Gasteiger partial charge is 0.454 e. The molecule has 1 saturated carbocycles. The van der Waals surface area contributed by atoms with E-state index in [1.54, 1.807) is 6.26 Å². The average Bonchev–Trinajstić information content (AvgIpc) is 2.96. The first-order valence-corrected chi connectivity index (χ1v) is 6.46. The van der Waals surface area contributed by atoms with Crippen molar-refractivity contribution < 1.29 is 13.9 Å². The smallest absolute Gasteiger partial charge is 0.231 e. The van der Waals surface area contributed by atoms with Crippen molar-refractivity contribution in [3.05, 3.63) is 30.2 Å². The van der Waals surface area contributed by atoms with Gasteiger partial charge < -0.3 is 19.2 Å². The molecule has 1 aromatic carbocycles. The molecule has 98 valence electrons. The van der Waals surface area contributed by atoms with Crippen LogP contribution in [0.15, 0.2) is 28.9 Å². The zero-order valence-corrected chi connectivity index (χ0v) is 10.4. The fraction of sp³-hybridized carbons (Fsp3) is 0.357. The van der Waals surface area contributed by atoms with Crippen molar-refractivity contribution in [1.82, 2.24) is 10.3 Å². The Morgan fingerprint density at radius 1 is 1.21 bits per heavy atom. The Kier molecular flexibility index (Phi) is 2.45. The molecule has 4 rings (SSSR count). The van der Waals surface area contributed by atoms with E-state index in [4.69, 9.17) is 13.9 Å². The van der Waals surface area contributed by atoms with Crippen LogP contribution in [0, 0.1) is 0 Å². The molecule has 1 aromatic heterocycles. The summed E-state index contributed by atoms with van der Waals surface area (Å²) in [6, 6.07) is 6.37. The van der Waals surface area contributed by atoms with Crippen LogP contribution in [0.1, 0.15) is 18.5 Å². The van der Waals surface area contributed by atoms with Crippen LogP contribution in [0.5, 0.6) is 11.5 Å². The van der Waals surface area contributed by atoms with E-state index in [2.05, 4.69) is 10.3 Å². The van der Waals surface area contributed by atoms with Crippen molar-refractivity contribution in [3.63, 3.8) is 0 Å². The molecule has 2 aromatic rings. The average molecular weight is 258 g/mol. The fourth-order valence-corrected chi connectivity index (χ4v) is 2.09. The van der Waals surface area contributed by atoms with Gasteiger partial charge in [-0.15, -0.1) is 0 Å². The van der Waals surface area contributed by atoms with Gasteiger partial charge in [0, 0.05) is 18.2 Å². The molecule has 0 atom stereocenters. The number of nitrogens with zero attached hydrogens (tertiary/aromatic N) is 1. The summed E-state index contributed by atoms with van der Waals surface area (Å²) >= 11 is 0. The van der Waals surface area contributed by atoms with Crippen molar-refractivity contribution in [2.75, 3.05) is 6.79 Å². The Morgan fingerprint density at radius 2 is 2.11 bits per heavy atom. The van der Waals surface area contributed by atoms with Gasteiger partial charge >= 0.3 is 0 Å². The number of rotatable bonds is 4. The first-order chi connectivity index (χ1) is 9.38. The lowest BCUT2D eigenvalue weighted by Gasteiger charge is -1.98. The van der Waals surface area contributed by atoms with Gasteiger partial charge in [0.2, 0.25) is 12.7 Å². The summed E-state index contributed by atoms with van der Waals surface area (Å²) in [5.74, 6) is 2.13. The maximum Gasteiger partial charge on any atom is 0.231 e. The third-order valence-corrected chi connectivity index (χ3v) is 3.32. The number of nitrogens with one attached hydrogen (secondary N) is 1. The van der Waals surface area contributed by atoms with Gasteiger partial charge in [0.25, 0.3) is 0 Å². The highest BCUT2D eigenvalue weighted by Gasteiger charge is 2.21. The molecule has 0 amide bonds. The third-order valence-electron chi connectivity index (χ3n) is 3.32. The molecule has 19 heavy (non-hydrogen) atoms.